The van der Waals surface area contributed by atoms with Crippen molar-refractivity contribution in [1.82, 2.24) is 9.97 Å². The minimum atomic E-state index is 0.359. The molecule has 0 radical (unpaired) electrons. The summed E-state index contributed by atoms with van der Waals surface area (Å²) in [6.07, 6.45) is 1.51. The van der Waals surface area contributed by atoms with Crippen molar-refractivity contribution in [1.29, 1.82) is 0 Å². The molecule has 0 aliphatic rings. The van der Waals surface area contributed by atoms with Crippen molar-refractivity contribution in [2.24, 2.45) is 5.92 Å². The van der Waals surface area contributed by atoms with E-state index in [9.17, 15) is 0 Å². The van der Waals surface area contributed by atoms with Crippen LogP contribution in [-0.2, 0) is 0 Å². The second-order valence-corrected chi connectivity index (χ2v) is 4.25. The summed E-state index contributed by atoms with van der Waals surface area (Å²) in [6, 6.07) is 2.18. The maximum absolute atomic E-state index is 5.50. The Morgan fingerprint density at radius 2 is 2.00 bits per heavy atom. The van der Waals surface area contributed by atoms with Gasteiger partial charge in [0.1, 0.15) is 12.1 Å². The summed E-state index contributed by atoms with van der Waals surface area (Å²) >= 11 is 0. The van der Waals surface area contributed by atoms with Gasteiger partial charge < -0.3 is 10.1 Å². The van der Waals surface area contributed by atoms with Crippen LogP contribution in [0.15, 0.2) is 12.4 Å². The van der Waals surface area contributed by atoms with Crippen molar-refractivity contribution in [3.63, 3.8) is 0 Å². The van der Waals surface area contributed by atoms with E-state index in [1.165, 1.54) is 6.33 Å². The average molecular weight is 209 g/mol. The number of ether oxygens (including phenoxy) is 1. The normalized spacial score (nSPS) is 10.8. The molecule has 0 atom stereocenters. The topological polar surface area (TPSA) is 47.0 Å². The molecule has 0 bridgehead atoms. The van der Waals surface area contributed by atoms with Crippen LogP contribution >= 0.6 is 0 Å². The van der Waals surface area contributed by atoms with Gasteiger partial charge in [0.15, 0.2) is 0 Å². The van der Waals surface area contributed by atoms with Crippen molar-refractivity contribution in [3.05, 3.63) is 12.4 Å². The van der Waals surface area contributed by atoms with Crippen LogP contribution in [0.3, 0.4) is 0 Å². The molecule has 1 aromatic heterocycles. The van der Waals surface area contributed by atoms with Gasteiger partial charge >= 0.3 is 0 Å². The minimum Gasteiger partial charge on any atom is -0.477 e. The first-order chi connectivity index (χ1) is 7.08. The van der Waals surface area contributed by atoms with Crippen LogP contribution in [0.1, 0.15) is 27.7 Å². The van der Waals surface area contributed by atoms with Crippen LogP contribution in [0.25, 0.3) is 0 Å². The minimum absolute atomic E-state index is 0.359. The molecule has 1 rings (SSSR count). The van der Waals surface area contributed by atoms with Gasteiger partial charge in [0.05, 0.1) is 6.61 Å². The fraction of sp³-hybridized carbons (Fsp3) is 0.636. The quantitative estimate of drug-likeness (QED) is 0.808. The molecule has 4 nitrogen and oxygen atoms in total. The number of aromatic nitrogens is 2. The summed E-state index contributed by atoms with van der Waals surface area (Å²) in [6.45, 7) is 9.02. The third-order valence-corrected chi connectivity index (χ3v) is 1.64. The van der Waals surface area contributed by atoms with Gasteiger partial charge in [-0.1, -0.05) is 13.8 Å². The number of nitrogens with one attached hydrogen (secondary N) is 1. The van der Waals surface area contributed by atoms with E-state index in [2.05, 4.69) is 43.0 Å². The molecule has 1 N–H and O–H groups in total. The second kappa shape index (κ2) is 5.53. The SMILES string of the molecule is CC(C)COc1cc(NC(C)C)ncn1. The fourth-order valence-electron chi connectivity index (χ4n) is 1.05. The molecule has 0 aliphatic carbocycles. The Morgan fingerprint density at radius 3 is 2.60 bits per heavy atom. The highest BCUT2D eigenvalue weighted by Gasteiger charge is 2.02. The molecule has 1 aromatic rings. The van der Waals surface area contributed by atoms with Crippen molar-refractivity contribution in [2.75, 3.05) is 11.9 Å². The smallest absolute Gasteiger partial charge is 0.218 e. The lowest BCUT2D eigenvalue weighted by Crippen LogP contribution is -2.12. The van der Waals surface area contributed by atoms with Crippen molar-refractivity contribution >= 4 is 5.82 Å². The zero-order valence-electron chi connectivity index (χ0n) is 9.82. The van der Waals surface area contributed by atoms with Crippen LogP contribution in [-0.4, -0.2) is 22.6 Å². The predicted molar refractivity (Wildman–Crippen MR) is 61.1 cm³/mol. The summed E-state index contributed by atoms with van der Waals surface area (Å²) in [5.41, 5.74) is 0. The van der Waals surface area contributed by atoms with Gasteiger partial charge in [-0.15, -0.1) is 0 Å². The number of rotatable bonds is 5. The third-order valence-electron chi connectivity index (χ3n) is 1.64. The molecule has 84 valence electrons. The van der Waals surface area contributed by atoms with Crippen LogP contribution in [0, 0.1) is 5.92 Å². The average Bonchev–Trinajstić information content (AvgIpc) is 2.14. The molecule has 0 amide bonds. The lowest BCUT2D eigenvalue weighted by atomic mass is 10.2. The molecule has 0 unspecified atom stereocenters. The summed E-state index contributed by atoms with van der Waals surface area (Å²) in [5, 5.41) is 3.20. The van der Waals surface area contributed by atoms with E-state index < -0.39 is 0 Å². The Kier molecular flexibility index (Phi) is 4.34. The van der Waals surface area contributed by atoms with Crippen LogP contribution in [0.2, 0.25) is 0 Å². The van der Waals surface area contributed by atoms with Crippen molar-refractivity contribution in [3.8, 4) is 5.88 Å². The number of hydrogen-bond donors (Lipinski definition) is 1. The summed E-state index contributed by atoms with van der Waals surface area (Å²) in [4.78, 5) is 8.15. The van der Waals surface area contributed by atoms with Gasteiger partial charge in [0, 0.05) is 12.1 Å². The van der Waals surface area contributed by atoms with E-state index in [-0.39, 0.29) is 0 Å². The Balaban J connectivity index is 2.57. The Morgan fingerprint density at radius 1 is 1.27 bits per heavy atom. The van der Waals surface area contributed by atoms with Crippen LogP contribution < -0.4 is 10.1 Å². The highest BCUT2D eigenvalue weighted by Crippen LogP contribution is 2.12. The first kappa shape index (κ1) is 11.8. The van der Waals surface area contributed by atoms with Gasteiger partial charge in [-0.25, -0.2) is 9.97 Å². The number of hydrogen-bond acceptors (Lipinski definition) is 4. The zero-order chi connectivity index (χ0) is 11.3. The molecule has 0 fully saturated rings. The molecule has 0 aliphatic heterocycles. The van der Waals surface area contributed by atoms with E-state index >= 15 is 0 Å². The fourth-order valence-corrected chi connectivity index (χ4v) is 1.05. The Hall–Kier alpha value is -1.32. The van der Waals surface area contributed by atoms with E-state index in [4.69, 9.17) is 4.74 Å². The molecule has 0 saturated carbocycles. The van der Waals surface area contributed by atoms with Crippen LogP contribution in [0.4, 0.5) is 5.82 Å². The first-order valence-corrected chi connectivity index (χ1v) is 5.29. The van der Waals surface area contributed by atoms with Gasteiger partial charge in [-0.2, -0.15) is 0 Å². The third kappa shape index (κ3) is 4.63. The maximum atomic E-state index is 5.50. The number of anilines is 1. The van der Waals surface area contributed by atoms with E-state index in [1.807, 2.05) is 6.07 Å². The molecule has 0 spiro atoms. The summed E-state index contributed by atoms with van der Waals surface area (Å²) in [5.74, 6) is 1.93. The zero-order valence-corrected chi connectivity index (χ0v) is 9.82. The lowest BCUT2D eigenvalue weighted by Gasteiger charge is -2.11. The standard InChI is InChI=1S/C11H19N3O/c1-8(2)6-15-11-5-10(12-7-13-11)14-9(3)4/h5,7-9H,6H2,1-4H3,(H,12,13,14). The van der Waals surface area contributed by atoms with Gasteiger partial charge in [-0.05, 0) is 19.8 Å². The molecule has 0 aromatic carbocycles. The van der Waals surface area contributed by atoms with Crippen molar-refractivity contribution < 1.29 is 4.74 Å². The summed E-state index contributed by atoms with van der Waals surface area (Å²) < 4.78 is 5.50. The van der Waals surface area contributed by atoms with E-state index in [1.54, 1.807) is 0 Å². The molecular formula is C11H19N3O. The molecule has 15 heavy (non-hydrogen) atoms. The Bertz CT molecular complexity index is 300. The highest BCUT2D eigenvalue weighted by atomic mass is 16.5. The van der Waals surface area contributed by atoms with Gasteiger partial charge in [0.25, 0.3) is 0 Å². The largest absolute Gasteiger partial charge is 0.477 e. The van der Waals surface area contributed by atoms with Crippen LogP contribution in [0.5, 0.6) is 5.88 Å². The van der Waals surface area contributed by atoms with Gasteiger partial charge in [-0.3, -0.25) is 0 Å². The highest BCUT2D eigenvalue weighted by molar-refractivity contribution is 5.37. The van der Waals surface area contributed by atoms with Crippen molar-refractivity contribution in [2.45, 2.75) is 33.7 Å². The molecular weight excluding hydrogens is 190 g/mol. The molecule has 0 saturated heterocycles. The second-order valence-electron chi connectivity index (χ2n) is 4.25. The summed E-state index contributed by atoms with van der Waals surface area (Å²) in [7, 11) is 0. The molecule has 1 heterocycles. The van der Waals surface area contributed by atoms with Gasteiger partial charge in [0.2, 0.25) is 5.88 Å². The molecule has 4 heteroatoms. The monoisotopic (exact) mass is 209 g/mol. The van der Waals surface area contributed by atoms with E-state index in [0.29, 0.717) is 24.4 Å². The Labute approximate surface area is 91.1 Å². The maximum Gasteiger partial charge on any atom is 0.218 e. The predicted octanol–water partition coefficient (Wildman–Crippen LogP) is 2.33. The number of nitrogens with zero attached hydrogens (tertiary/aromatic N) is 2. The lowest BCUT2D eigenvalue weighted by molar-refractivity contribution is 0.261. The first-order valence-electron chi connectivity index (χ1n) is 5.29. The van der Waals surface area contributed by atoms with E-state index in [0.717, 1.165) is 5.82 Å².